The van der Waals surface area contributed by atoms with Gasteiger partial charge in [-0.25, -0.2) is 9.59 Å². The van der Waals surface area contributed by atoms with Gasteiger partial charge in [-0.05, 0) is 60.7 Å². The number of carbonyl (C=O) groups is 3. The summed E-state index contributed by atoms with van der Waals surface area (Å²) in [5.74, 6) is -0.692. The summed E-state index contributed by atoms with van der Waals surface area (Å²) in [6, 6.07) is 11.7. The molecule has 0 bridgehead atoms. The Morgan fingerprint density at radius 1 is 1.16 bits per heavy atom. The summed E-state index contributed by atoms with van der Waals surface area (Å²) in [6.07, 6.45) is 3.61. The van der Waals surface area contributed by atoms with Crippen molar-refractivity contribution in [3.8, 4) is 0 Å². The molecule has 10 heteroatoms. The van der Waals surface area contributed by atoms with Gasteiger partial charge in [0.15, 0.2) is 0 Å². The van der Waals surface area contributed by atoms with Crippen LogP contribution in [0.15, 0.2) is 65.9 Å². The molecule has 0 aliphatic carbocycles. The molecule has 1 unspecified atom stereocenters. The quantitative estimate of drug-likeness (QED) is 0.192. The van der Waals surface area contributed by atoms with E-state index in [4.69, 9.17) is 4.74 Å². The summed E-state index contributed by atoms with van der Waals surface area (Å²) in [7, 11) is 0. The summed E-state index contributed by atoms with van der Waals surface area (Å²) in [6.45, 7) is 8.35. The lowest BCUT2D eigenvalue weighted by atomic mass is 9.94. The van der Waals surface area contributed by atoms with Crippen molar-refractivity contribution in [2.45, 2.75) is 40.2 Å². The molecule has 3 rings (SSSR count). The number of esters is 1. The Balaban J connectivity index is 1.76. The zero-order chi connectivity index (χ0) is 27.8. The van der Waals surface area contributed by atoms with E-state index in [1.54, 1.807) is 54.3 Å². The van der Waals surface area contributed by atoms with Crippen LogP contribution in [0, 0.1) is 16.0 Å². The van der Waals surface area contributed by atoms with Gasteiger partial charge in [-0.15, -0.1) is 0 Å². The average Bonchev–Trinajstić information content (AvgIpc) is 2.89. The van der Waals surface area contributed by atoms with Crippen LogP contribution >= 0.6 is 0 Å². The van der Waals surface area contributed by atoms with Crippen LogP contribution in [0.4, 0.5) is 16.2 Å². The molecule has 2 aromatic carbocycles. The molecule has 1 aliphatic rings. The maximum Gasteiger partial charge on any atom is 0.338 e. The van der Waals surface area contributed by atoms with Gasteiger partial charge < -0.3 is 15.4 Å². The van der Waals surface area contributed by atoms with Crippen LogP contribution in [-0.2, 0) is 14.3 Å². The fraction of sp³-hybridized carbons (Fsp3) is 0.321. The number of carbonyl (C=O) groups excluding carboxylic acids is 3. The van der Waals surface area contributed by atoms with Crippen LogP contribution in [-0.4, -0.2) is 40.9 Å². The highest BCUT2D eigenvalue weighted by Gasteiger charge is 2.36. The number of nitrogens with zero attached hydrogens (tertiary/aromatic N) is 2. The standard InChI is InChI=1S/C28H32N4O6/c1-5-16-31-19(4)25(27(34)38-17-18(2)3)26(30-28(31)35)21-9-11-22(12-10-21)29-24(33)15-8-20-6-13-23(14-7-20)32(36)37/h6-15,18,26H,5,16-17H2,1-4H3,(H,29,33)(H,30,35)/b15-8+. The largest absolute Gasteiger partial charge is 0.462 e. The van der Waals surface area contributed by atoms with Gasteiger partial charge in [0.1, 0.15) is 0 Å². The van der Waals surface area contributed by atoms with Crippen LogP contribution < -0.4 is 10.6 Å². The lowest BCUT2D eigenvalue weighted by Gasteiger charge is -2.35. The number of amides is 3. The van der Waals surface area contributed by atoms with Crippen molar-refractivity contribution in [3.63, 3.8) is 0 Å². The van der Waals surface area contributed by atoms with Gasteiger partial charge in [0, 0.05) is 36.1 Å². The summed E-state index contributed by atoms with van der Waals surface area (Å²) < 4.78 is 5.51. The predicted molar refractivity (Wildman–Crippen MR) is 144 cm³/mol. The van der Waals surface area contributed by atoms with E-state index in [0.29, 0.717) is 34.6 Å². The Labute approximate surface area is 221 Å². The minimum atomic E-state index is -0.693. The number of rotatable bonds is 10. The van der Waals surface area contributed by atoms with E-state index >= 15 is 0 Å². The lowest BCUT2D eigenvalue weighted by molar-refractivity contribution is -0.384. The normalized spacial score (nSPS) is 15.6. The molecule has 10 nitrogen and oxygen atoms in total. The van der Waals surface area contributed by atoms with E-state index in [0.717, 1.165) is 6.42 Å². The Hall–Kier alpha value is -4.47. The smallest absolute Gasteiger partial charge is 0.338 e. The number of urea groups is 1. The third-order valence-electron chi connectivity index (χ3n) is 5.85. The molecule has 1 aliphatic heterocycles. The van der Waals surface area contributed by atoms with E-state index in [1.165, 1.54) is 18.2 Å². The summed E-state index contributed by atoms with van der Waals surface area (Å²) in [5, 5.41) is 16.4. The molecule has 2 aromatic rings. The van der Waals surface area contributed by atoms with Crippen molar-refractivity contribution in [1.82, 2.24) is 10.2 Å². The van der Waals surface area contributed by atoms with Crippen molar-refractivity contribution in [3.05, 3.63) is 87.1 Å². The number of nitro groups is 1. The van der Waals surface area contributed by atoms with Gasteiger partial charge in [-0.1, -0.05) is 32.9 Å². The first-order chi connectivity index (χ1) is 18.1. The SMILES string of the molecule is CCCN1C(=O)NC(c2ccc(NC(=O)/C=C/c3ccc([N+](=O)[O-])cc3)cc2)C(C(=O)OCC(C)C)=C1C. The van der Waals surface area contributed by atoms with Gasteiger partial charge in [0.25, 0.3) is 5.69 Å². The monoisotopic (exact) mass is 520 g/mol. The number of benzene rings is 2. The van der Waals surface area contributed by atoms with Crippen LogP contribution in [0.25, 0.3) is 6.08 Å². The maximum absolute atomic E-state index is 13.1. The second-order valence-corrected chi connectivity index (χ2v) is 9.32. The van der Waals surface area contributed by atoms with Crippen LogP contribution in [0.1, 0.15) is 51.3 Å². The third kappa shape index (κ3) is 7.06. The molecule has 0 saturated carbocycles. The number of hydrogen-bond acceptors (Lipinski definition) is 6. The Bertz CT molecular complexity index is 1250. The molecule has 0 radical (unpaired) electrons. The molecular weight excluding hydrogens is 488 g/mol. The fourth-order valence-electron chi connectivity index (χ4n) is 3.93. The molecule has 1 heterocycles. The molecule has 200 valence electrons. The number of nitro benzene ring substituents is 1. The summed E-state index contributed by atoms with van der Waals surface area (Å²) >= 11 is 0. The van der Waals surface area contributed by atoms with Gasteiger partial charge in [-0.3, -0.25) is 19.8 Å². The molecule has 0 saturated heterocycles. The van der Waals surface area contributed by atoms with Crippen LogP contribution in [0.3, 0.4) is 0 Å². The van der Waals surface area contributed by atoms with Gasteiger partial charge in [0.05, 0.1) is 23.1 Å². The maximum atomic E-state index is 13.1. The van der Waals surface area contributed by atoms with Gasteiger partial charge >= 0.3 is 12.0 Å². The molecule has 0 spiro atoms. The number of nitrogens with one attached hydrogen (secondary N) is 2. The van der Waals surface area contributed by atoms with Crippen molar-refractivity contribution < 1.29 is 24.0 Å². The highest BCUT2D eigenvalue weighted by molar-refractivity contribution is 6.02. The first kappa shape index (κ1) is 28.1. The first-order valence-electron chi connectivity index (χ1n) is 12.4. The highest BCUT2D eigenvalue weighted by Crippen LogP contribution is 2.32. The van der Waals surface area contributed by atoms with E-state index in [9.17, 15) is 24.5 Å². The van der Waals surface area contributed by atoms with Crippen LogP contribution in [0.2, 0.25) is 0 Å². The first-order valence-corrected chi connectivity index (χ1v) is 12.4. The van der Waals surface area contributed by atoms with E-state index in [2.05, 4.69) is 10.6 Å². The summed E-state index contributed by atoms with van der Waals surface area (Å²) in [5.41, 5.74) is 2.74. The van der Waals surface area contributed by atoms with Crippen molar-refractivity contribution in [2.75, 3.05) is 18.5 Å². The molecule has 0 aromatic heterocycles. The topological polar surface area (TPSA) is 131 Å². The molecule has 1 atom stereocenters. The number of hydrogen-bond donors (Lipinski definition) is 2. The number of ether oxygens (including phenoxy) is 1. The zero-order valence-electron chi connectivity index (χ0n) is 21.9. The van der Waals surface area contributed by atoms with Crippen molar-refractivity contribution >= 4 is 35.4 Å². The molecule has 0 fully saturated rings. The van der Waals surface area contributed by atoms with Gasteiger partial charge in [-0.2, -0.15) is 0 Å². The van der Waals surface area contributed by atoms with Crippen LogP contribution in [0.5, 0.6) is 0 Å². The lowest BCUT2D eigenvalue weighted by Crippen LogP contribution is -2.48. The second-order valence-electron chi connectivity index (χ2n) is 9.32. The van der Waals surface area contributed by atoms with E-state index < -0.39 is 16.9 Å². The highest BCUT2D eigenvalue weighted by atomic mass is 16.6. The Morgan fingerprint density at radius 3 is 2.39 bits per heavy atom. The minimum absolute atomic E-state index is 0.0275. The summed E-state index contributed by atoms with van der Waals surface area (Å²) in [4.78, 5) is 50.0. The van der Waals surface area contributed by atoms with E-state index in [-0.39, 0.29) is 30.2 Å². The fourth-order valence-corrected chi connectivity index (χ4v) is 3.93. The second kappa shape index (κ2) is 12.7. The van der Waals surface area contributed by atoms with E-state index in [1.807, 2.05) is 20.8 Å². The number of non-ortho nitro benzene ring substituents is 1. The van der Waals surface area contributed by atoms with Crippen molar-refractivity contribution in [2.24, 2.45) is 5.92 Å². The molecule has 3 amide bonds. The predicted octanol–water partition coefficient (Wildman–Crippen LogP) is 5.20. The zero-order valence-corrected chi connectivity index (χ0v) is 21.9. The molecule has 2 N–H and O–H groups in total. The van der Waals surface area contributed by atoms with Crippen molar-refractivity contribution in [1.29, 1.82) is 0 Å². The number of allylic oxidation sites excluding steroid dienone is 1. The molecule has 38 heavy (non-hydrogen) atoms. The van der Waals surface area contributed by atoms with Gasteiger partial charge in [0.2, 0.25) is 5.91 Å². The number of anilines is 1. The minimum Gasteiger partial charge on any atom is -0.462 e. The third-order valence-corrected chi connectivity index (χ3v) is 5.85. The Morgan fingerprint density at radius 2 is 1.82 bits per heavy atom. The molecular formula is C28H32N4O6. The Kier molecular flexibility index (Phi) is 9.37. The average molecular weight is 521 g/mol.